The van der Waals surface area contributed by atoms with E-state index in [9.17, 15) is 4.79 Å². The van der Waals surface area contributed by atoms with Crippen LogP contribution in [-0.2, 0) is 54.9 Å². The number of Topliss-reactive ketones (excluding diaryl/α,β-unsaturated/α-hetero) is 1. The maximum atomic E-state index is 13.6. The lowest BCUT2D eigenvalue weighted by Gasteiger charge is -2.45. The predicted molar refractivity (Wildman–Crippen MR) is 170 cm³/mol. The Hall–Kier alpha value is -3.91. The van der Waals surface area contributed by atoms with Gasteiger partial charge in [-0.2, -0.15) is 0 Å². The van der Waals surface area contributed by atoms with Gasteiger partial charge in [0.2, 0.25) is 0 Å². The number of hydrogen-bond donors (Lipinski definition) is 0. The summed E-state index contributed by atoms with van der Waals surface area (Å²) in [6, 6.07) is 39.8. The molecule has 5 rings (SSSR count). The van der Waals surface area contributed by atoms with E-state index in [0.717, 1.165) is 22.3 Å². The Labute approximate surface area is 260 Å². The lowest BCUT2D eigenvalue weighted by atomic mass is 9.91. The summed E-state index contributed by atoms with van der Waals surface area (Å²) in [6.45, 7) is 5.36. The molecule has 0 aromatic heterocycles. The SMILES string of the molecule is C=CCC(=O)[C@@H]1O[C@H](COCc2ccccc2)[C@@H](OCc2ccccc2)[C@H](OCc2ccccc2)[C@@H]1OCc1ccccc1. The highest BCUT2D eigenvalue weighted by Gasteiger charge is 2.50. The quantitative estimate of drug-likeness (QED) is 0.132. The molecule has 6 heteroatoms. The summed E-state index contributed by atoms with van der Waals surface area (Å²) in [5, 5.41) is 0. The first kappa shape index (κ1) is 31.5. The van der Waals surface area contributed by atoms with Crippen LogP contribution in [-0.4, -0.2) is 42.9 Å². The molecule has 4 aromatic carbocycles. The van der Waals surface area contributed by atoms with Crippen LogP contribution in [0.3, 0.4) is 0 Å². The first-order chi connectivity index (χ1) is 21.7. The van der Waals surface area contributed by atoms with E-state index in [1.54, 1.807) is 6.08 Å². The van der Waals surface area contributed by atoms with Gasteiger partial charge in [-0.05, 0) is 22.3 Å². The van der Waals surface area contributed by atoms with Crippen molar-refractivity contribution >= 4 is 5.78 Å². The summed E-state index contributed by atoms with van der Waals surface area (Å²) in [6.07, 6.45) is -1.66. The van der Waals surface area contributed by atoms with Crippen LogP contribution in [0, 0.1) is 0 Å². The van der Waals surface area contributed by atoms with Gasteiger partial charge in [-0.15, -0.1) is 6.58 Å². The number of carbonyl (C=O) groups is 1. The number of rotatable bonds is 16. The van der Waals surface area contributed by atoms with E-state index in [2.05, 4.69) is 6.58 Å². The number of carbonyl (C=O) groups excluding carboxylic acids is 1. The molecule has 0 radical (unpaired) electrons. The van der Waals surface area contributed by atoms with Gasteiger partial charge < -0.3 is 23.7 Å². The zero-order valence-electron chi connectivity index (χ0n) is 24.9. The lowest BCUT2D eigenvalue weighted by molar-refractivity contribution is -0.267. The second-order valence-corrected chi connectivity index (χ2v) is 10.8. The van der Waals surface area contributed by atoms with Crippen molar-refractivity contribution in [2.75, 3.05) is 6.61 Å². The molecule has 1 aliphatic rings. The summed E-state index contributed by atoms with van der Waals surface area (Å²) in [5.74, 6) is -0.124. The standard InChI is InChI=1S/C38H40O6/c1-2-15-33(39)35-37(42-26-31-20-11-5-12-21-31)38(43-27-32-22-13-6-14-23-32)36(41-25-30-18-9-4-10-19-30)34(44-35)28-40-24-29-16-7-3-8-17-29/h2-14,16-23,34-38H,1,15,24-28H2/t34-,35+,36-,37-,38+/m1/s1. The minimum Gasteiger partial charge on any atom is -0.374 e. The molecule has 0 spiro atoms. The third-order valence-corrected chi connectivity index (χ3v) is 7.55. The van der Waals surface area contributed by atoms with Gasteiger partial charge in [0, 0.05) is 6.42 Å². The molecule has 1 heterocycles. The van der Waals surface area contributed by atoms with Crippen molar-refractivity contribution in [1.29, 1.82) is 0 Å². The number of ketones is 1. The highest BCUT2D eigenvalue weighted by Crippen LogP contribution is 2.32. The maximum absolute atomic E-state index is 13.6. The van der Waals surface area contributed by atoms with Gasteiger partial charge in [0.05, 0.1) is 33.0 Å². The van der Waals surface area contributed by atoms with Crippen molar-refractivity contribution in [3.8, 4) is 0 Å². The molecular weight excluding hydrogens is 552 g/mol. The smallest absolute Gasteiger partial charge is 0.168 e. The number of hydrogen-bond acceptors (Lipinski definition) is 6. The van der Waals surface area contributed by atoms with Crippen LogP contribution in [0.5, 0.6) is 0 Å². The minimum absolute atomic E-state index is 0.124. The molecule has 6 nitrogen and oxygen atoms in total. The van der Waals surface area contributed by atoms with E-state index in [1.807, 2.05) is 121 Å². The van der Waals surface area contributed by atoms with E-state index in [1.165, 1.54) is 0 Å². The normalized spacial score (nSPS) is 21.5. The highest BCUT2D eigenvalue weighted by atomic mass is 16.6. The molecule has 0 aliphatic carbocycles. The summed E-state index contributed by atoms with van der Waals surface area (Å²) in [7, 11) is 0. The molecule has 0 unspecified atom stereocenters. The monoisotopic (exact) mass is 592 g/mol. The molecular formula is C38H40O6. The van der Waals surface area contributed by atoms with Gasteiger partial charge in [-0.3, -0.25) is 4.79 Å². The fourth-order valence-corrected chi connectivity index (χ4v) is 5.31. The van der Waals surface area contributed by atoms with Crippen molar-refractivity contribution in [2.45, 2.75) is 63.4 Å². The van der Waals surface area contributed by atoms with Gasteiger partial charge in [0.15, 0.2) is 5.78 Å². The Morgan fingerprint density at radius 1 is 0.591 bits per heavy atom. The van der Waals surface area contributed by atoms with Crippen LogP contribution >= 0.6 is 0 Å². The number of benzene rings is 4. The van der Waals surface area contributed by atoms with E-state index in [4.69, 9.17) is 23.7 Å². The fraction of sp³-hybridized carbons (Fsp3) is 0.289. The van der Waals surface area contributed by atoms with Crippen LogP contribution in [0.4, 0.5) is 0 Å². The van der Waals surface area contributed by atoms with Crippen LogP contribution in [0.1, 0.15) is 28.7 Å². The third kappa shape index (κ3) is 9.05. The Morgan fingerprint density at radius 2 is 1.00 bits per heavy atom. The molecule has 228 valence electrons. The van der Waals surface area contributed by atoms with Crippen LogP contribution in [0.2, 0.25) is 0 Å². The molecule has 1 saturated heterocycles. The van der Waals surface area contributed by atoms with Crippen LogP contribution in [0.15, 0.2) is 134 Å². The van der Waals surface area contributed by atoms with Crippen molar-refractivity contribution in [3.63, 3.8) is 0 Å². The molecule has 1 aliphatic heterocycles. The Balaban J connectivity index is 1.45. The Morgan fingerprint density at radius 3 is 1.45 bits per heavy atom. The van der Waals surface area contributed by atoms with E-state index in [-0.39, 0.29) is 18.8 Å². The van der Waals surface area contributed by atoms with E-state index in [0.29, 0.717) is 26.4 Å². The molecule has 0 amide bonds. The van der Waals surface area contributed by atoms with Gasteiger partial charge in [-0.1, -0.05) is 127 Å². The second-order valence-electron chi connectivity index (χ2n) is 10.8. The van der Waals surface area contributed by atoms with Crippen molar-refractivity contribution < 1.29 is 28.5 Å². The first-order valence-corrected chi connectivity index (χ1v) is 15.1. The molecule has 5 atom stereocenters. The minimum atomic E-state index is -0.889. The van der Waals surface area contributed by atoms with E-state index < -0.39 is 30.5 Å². The lowest BCUT2D eigenvalue weighted by Crippen LogP contribution is -2.63. The largest absolute Gasteiger partial charge is 0.374 e. The zero-order chi connectivity index (χ0) is 30.4. The van der Waals surface area contributed by atoms with Crippen molar-refractivity contribution in [1.82, 2.24) is 0 Å². The molecule has 0 bridgehead atoms. The van der Waals surface area contributed by atoms with Gasteiger partial charge in [-0.25, -0.2) is 0 Å². The molecule has 1 fully saturated rings. The molecule has 0 N–H and O–H groups in total. The fourth-order valence-electron chi connectivity index (χ4n) is 5.31. The maximum Gasteiger partial charge on any atom is 0.168 e. The zero-order valence-corrected chi connectivity index (χ0v) is 24.9. The Bertz CT molecular complexity index is 1400. The summed E-state index contributed by atoms with van der Waals surface area (Å²) in [5.41, 5.74) is 4.06. The molecule has 4 aromatic rings. The first-order valence-electron chi connectivity index (χ1n) is 15.1. The van der Waals surface area contributed by atoms with Crippen LogP contribution in [0.25, 0.3) is 0 Å². The average Bonchev–Trinajstić information content (AvgIpc) is 3.08. The van der Waals surface area contributed by atoms with Crippen molar-refractivity contribution in [2.24, 2.45) is 0 Å². The van der Waals surface area contributed by atoms with E-state index >= 15 is 0 Å². The van der Waals surface area contributed by atoms with Crippen molar-refractivity contribution in [3.05, 3.63) is 156 Å². The topological polar surface area (TPSA) is 63.2 Å². The van der Waals surface area contributed by atoms with Gasteiger partial charge in [0.25, 0.3) is 0 Å². The molecule has 0 saturated carbocycles. The summed E-state index contributed by atoms with van der Waals surface area (Å²) in [4.78, 5) is 13.6. The second kappa shape index (κ2) is 16.8. The molecule has 44 heavy (non-hydrogen) atoms. The van der Waals surface area contributed by atoms with Crippen LogP contribution < -0.4 is 0 Å². The predicted octanol–water partition coefficient (Wildman–Crippen LogP) is 6.87. The van der Waals surface area contributed by atoms with Gasteiger partial charge >= 0.3 is 0 Å². The average molecular weight is 593 g/mol. The summed E-state index contributed by atoms with van der Waals surface area (Å²) >= 11 is 0. The summed E-state index contributed by atoms with van der Waals surface area (Å²) < 4.78 is 32.5. The number of ether oxygens (including phenoxy) is 5. The highest BCUT2D eigenvalue weighted by molar-refractivity contribution is 5.85. The van der Waals surface area contributed by atoms with Gasteiger partial charge in [0.1, 0.15) is 30.5 Å². The number of allylic oxidation sites excluding steroid dienone is 1. The Kier molecular flexibility index (Phi) is 12.0. The third-order valence-electron chi connectivity index (χ3n) is 7.55.